The van der Waals surface area contributed by atoms with Crippen molar-refractivity contribution in [1.29, 1.82) is 0 Å². The summed E-state index contributed by atoms with van der Waals surface area (Å²) in [6.45, 7) is 3.89. The fraction of sp³-hybridized carbons (Fsp3) is 0.167. The topological polar surface area (TPSA) is 81.9 Å². The highest BCUT2D eigenvalue weighted by molar-refractivity contribution is 6.33. The van der Waals surface area contributed by atoms with Gasteiger partial charge in [-0.25, -0.2) is 0 Å². The zero-order valence-electron chi connectivity index (χ0n) is 10.7. The molecule has 1 aromatic heterocycles. The van der Waals surface area contributed by atoms with Gasteiger partial charge >= 0.3 is 0 Å². The van der Waals surface area contributed by atoms with E-state index in [4.69, 9.17) is 16.3 Å². The summed E-state index contributed by atoms with van der Waals surface area (Å²) in [5.74, 6) is 0.0772. The molecule has 0 unspecified atom stereocenters. The summed E-state index contributed by atoms with van der Waals surface area (Å²) >= 11 is 6.16. The number of rotatable bonds is 5. The molecular weight excluding hydrogens is 282 g/mol. The van der Waals surface area contributed by atoms with Crippen LogP contribution in [0, 0.1) is 0 Å². The minimum Gasteiger partial charge on any atom is -0.496 e. The molecule has 0 atom stereocenters. The number of methoxy groups -OCH3 is 1. The number of amides is 1. The van der Waals surface area contributed by atoms with E-state index < -0.39 is 0 Å². The number of nitrogens with one attached hydrogen (secondary N) is 1. The first-order chi connectivity index (χ1) is 9.67. The van der Waals surface area contributed by atoms with Gasteiger partial charge in [0.25, 0.3) is 5.91 Å². The van der Waals surface area contributed by atoms with Gasteiger partial charge in [0.2, 0.25) is 0 Å². The van der Waals surface area contributed by atoms with Crippen LogP contribution in [0.4, 0.5) is 0 Å². The van der Waals surface area contributed by atoms with Gasteiger partial charge in [-0.1, -0.05) is 17.7 Å². The van der Waals surface area contributed by atoms with Crippen molar-refractivity contribution in [1.82, 2.24) is 25.5 Å². The zero-order chi connectivity index (χ0) is 14.5. The van der Waals surface area contributed by atoms with Gasteiger partial charge in [-0.15, -0.1) is 11.7 Å². The molecule has 20 heavy (non-hydrogen) atoms. The number of carbonyl (C=O) groups is 1. The number of tetrazole rings is 1. The Morgan fingerprint density at radius 1 is 1.60 bits per heavy atom. The predicted molar refractivity (Wildman–Crippen MR) is 73.2 cm³/mol. The molecule has 8 heteroatoms. The van der Waals surface area contributed by atoms with E-state index >= 15 is 0 Å². The van der Waals surface area contributed by atoms with Crippen LogP contribution >= 0.6 is 11.6 Å². The Balaban J connectivity index is 2.42. The molecule has 1 amide bonds. The summed E-state index contributed by atoms with van der Waals surface area (Å²) in [5.41, 5.74) is 0.852. The van der Waals surface area contributed by atoms with Crippen molar-refractivity contribution in [2.24, 2.45) is 0 Å². The lowest BCUT2D eigenvalue weighted by molar-refractivity contribution is 0.0955. The predicted octanol–water partition coefficient (Wildman–Crippen LogP) is 1.24. The van der Waals surface area contributed by atoms with Gasteiger partial charge in [-0.2, -0.15) is 4.68 Å². The molecule has 0 aliphatic rings. The van der Waals surface area contributed by atoms with Crippen molar-refractivity contribution in [2.75, 3.05) is 13.7 Å². The second-order valence-corrected chi connectivity index (χ2v) is 4.16. The third kappa shape index (κ3) is 2.77. The fourth-order valence-corrected chi connectivity index (χ4v) is 1.85. The maximum atomic E-state index is 12.0. The number of aromatic nitrogens is 4. The summed E-state index contributed by atoms with van der Waals surface area (Å²) in [6.07, 6.45) is 2.99. The number of nitrogens with zero attached hydrogens (tertiary/aromatic N) is 4. The van der Waals surface area contributed by atoms with Crippen molar-refractivity contribution in [2.45, 2.75) is 0 Å². The minimum atomic E-state index is -0.299. The quantitative estimate of drug-likeness (QED) is 0.839. The van der Waals surface area contributed by atoms with Gasteiger partial charge in [-0.3, -0.25) is 4.79 Å². The van der Waals surface area contributed by atoms with Crippen molar-refractivity contribution >= 4 is 17.5 Å². The lowest BCUT2D eigenvalue weighted by atomic mass is 10.1. The Bertz CT molecular complexity index is 627. The molecule has 0 saturated heterocycles. The largest absolute Gasteiger partial charge is 0.496 e. The molecule has 0 saturated carbocycles. The normalized spacial score (nSPS) is 10.1. The first-order valence-electron chi connectivity index (χ1n) is 5.67. The Morgan fingerprint density at radius 3 is 3.00 bits per heavy atom. The highest BCUT2D eigenvalue weighted by Crippen LogP contribution is 2.29. The minimum absolute atomic E-state index is 0.299. The smallest absolute Gasteiger partial charge is 0.255 e. The van der Waals surface area contributed by atoms with Gasteiger partial charge in [0, 0.05) is 12.6 Å². The molecule has 2 aromatic rings. The van der Waals surface area contributed by atoms with E-state index in [0.29, 0.717) is 28.6 Å². The number of carbonyl (C=O) groups excluding carboxylic acids is 1. The molecule has 2 rings (SSSR count). The van der Waals surface area contributed by atoms with E-state index in [9.17, 15) is 4.79 Å². The molecule has 0 spiro atoms. The average molecular weight is 294 g/mol. The molecule has 104 valence electrons. The van der Waals surface area contributed by atoms with Gasteiger partial charge in [-0.05, 0) is 16.5 Å². The van der Waals surface area contributed by atoms with Crippen LogP contribution in [-0.4, -0.2) is 39.8 Å². The van der Waals surface area contributed by atoms with Crippen LogP contribution < -0.4 is 10.1 Å². The second kappa shape index (κ2) is 6.16. The standard InChI is InChI=1S/C12H12ClN5O2/c1-3-4-14-12(19)8-5-9(13)10(6-11(8)20-2)18-7-15-16-17-18/h3,5-7H,1,4H2,2H3,(H,14,19). The van der Waals surface area contributed by atoms with E-state index in [1.54, 1.807) is 12.1 Å². The first-order valence-corrected chi connectivity index (χ1v) is 6.05. The maximum absolute atomic E-state index is 12.0. The SMILES string of the molecule is C=CCNC(=O)c1cc(Cl)c(-n2cnnn2)cc1OC. The molecule has 0 bridgehead atoms. The zero-order valence-corrected chi connectivity index (χ0v) is 11.5. The van der Waals surface area contributed by atoms with E-state index in [2.05, 4.69) is 27.4 Å². The van der Waals surface area contributed by atoms with Crippen LogP contribution in [0.25, 0.3) is 5.69 Å². The van der Waals surface area contributed by atoms with Crippen molar-refractivity contribution in [3.8, 4) is 11.4 Å². The highest BCUT2D eigenvalue weighted by atomic mass is 35.5. The maximum Gasteiger partial charge on any atom is 0.255 e. The van der Waals surface area contributed by atoms with Crippen LogP contribution in [0.2, 0.25) is 5.02 Å². The van der Waals surface area contributed by atoms with E-state index in [0.717, 1.165) is 0 Å². The number of hydrogen-bond donors (Lipinski definition) is 1. The van der Waals surface area contributed by atoms with Gasteiger partial charge in [0.1, 0.15) is 12.1 Å². The summed E-state index contributed by atoms with van der Waals surface area (Å²) in [6, 6.07) is 3.11. The molecular formula is C12H12ClN5O2. The molecule has 1 N–H and O–H groups in total. The third-order valence-electron chi connectivity index (χ3n) is 2.52. The van der Waals surface area contributed by atoms with E-state index in [1.807, 2.05) is 0 Å². The molecule has 0 fully saturated rings. The number of benzene rings is 1. The number of ether oxygens (including phenoxy) is 1. The molecule has 0 aliphatic carbocycles. The third-order valence-corrected chi connectivity index (χ3v) is 2.82. The summed E-state index contributed by atoms with van der Waals surface area (Å²) < 4.78 is 6.60. The Morgan fingerprint density at radius 2 is 2.40 bits per heavy atom. The molecule has 1 aromatic carbocycles. The lowest BCUT2D eigenvalue weighted by Gasteiger charge is -2.11. The van der Waals surface area contributed by atoms with Gasteiger partial charge < -0.3 is 10.1 Å². The van der Waals surface area contributed by atoms with Gasteiger partial charge in [0.05, 0.1) is 23.4 Å². The summed E-state index contributed by atoms with van der Waals surface area (Å²) in [4.78, 5) is 12.0. The Hall–Kier alpha value is -2.41. The van der Waals surface area contributed by atoms with E-state index in [1.165, 1.54) is 24.2 Å². The Labute approximate surface area is 120 Å². The van der Waals surface area contributed by atoms with Crippen molar-refractivity contribution in [3.63, 3.8) is 0 Å². The van der Waals surface area contributed by atoms with E-state index in [-0.39, 0.29) is 5.91 Å². The first kappa shape index (κ1) is 14.0. The molecule has 0 radical (unpaired) electrons. The fourth-order valence-electron chi connectivity index (χ4n) is 1.60. The second-order valence-electron chi connectivity index (χ2n) is 3.76. The van der Waals surface area contributed by atoms with Crippen LogP contribution in [-0.2, 0) is 0 Å². The highest BCUT2D eigenvalue weighted by Gasteiger charge is 2.16. The monoisotopic (exact) mass is 293 g/mol. The van der Waals surface area contributed by atoms with Crippen molar-refractivity contribution in [3.05, 3.63) is 41.7 Å². The molecule has 7 nitrogen and oxygen atoms in total. The Kier molecular flexibility index (Phi) is 4.31. The van der Waals surface area contributed by atoms with Crippen LogP contribution in [0.5, 0.6) is 5.75 Å². The van der Waals surface area contributed by atoms with Crippen LogP contribution in [0.3, 0.4) is 0 Å². The van der Waals surface area contributed by atoms with Crippen LogP contribution in [0.15, 0.2) is 31.1 Å². The molecule has 0 aliphatic heterocycles. The summed E-state index contributed by atoms with van der Waals surface area (Å²) in [5, 5.41) is 13.8. The van der Waals surface area contributed by atoms with Gasteiger partial charge in [0.15, 0.2) is 0 Å². The lowest BCUT2D eigenvalue weighted by Crippen LogP contribution is -2.23. The van der Waals surface area contributed by atoms with Crippen molar-refractivity contribution < 1.29 is 9.53 Å². The number of hydrogen-bond acceptors (Lipinski definition) is 5. The molecule has 1 heterocycles. The average Bonchev–Trinajstić information content (AvgIpc) is 2.98. The number of halogens is 1. The summed E-state index contributed by atoms with van der Waals surface area (Å²) in [7, 11) is 1.47. The van der Waals surface area contributed by atoms with Crippen LogP contribution in [0.1, 0.15) is 10.4 Å².